The van der Waals surface area contributed by atoms with Gasteiger partial charge in [0.15, 0.2) is 0 Å². The van der Waals surface area contributed by atoms with Crippen molar-refractivity contribution in [2.24, 2.45) is 5.92 Å². The Morgan fingerprint density at radius 3 is 2.36 bits per heavy atom. The maximum absolute atomic E-state index is 12.6. The SMILES string of the molecule is COc1ccc(-c2cc(C(CC(C)C)Nc3ccc(C(=O)N(C)CCC(=O)O)cc3)c(C)o2)c(C)c1. The Kier molecular flexibility index (Phi) is 8.80. The lowest BCUT2D eigenvalue weighted by atomic mass is 9.96. The molecular formula is C29H36N2O5. The highest BCUT2D eigenvalue weighted by atomic mass is 16.5. The van der Waals surface area contributed by atoms with Gasteiger partial charge in [-0.1, -0.05) is 13.8 Å². The lowest BCUT2D eigenvalue weighted by molar-refractivity contribution is -0.137. The summed E-state index contributed by atoms with van der Waals surface area (Å²) in [5.74, 6) is 1.83. The fourth-order valence-corrected chi connectivity index (χ4v) is 4.25. The third-order valence-electron chi connectivity index (χ3n) is 6.22. The van der Waals surface area contributed by atoms with Gasteiger partial charge in [0.05, 0.1) is 19.6 Å². The number of benzene rings is 2. The lowest BCUT2D eigenvalue weighted by Gasteiger charge is -2.22. The number of rotatable bonds is 11. The number of anilines is 1. The van der Waals surface area contributed by atoms with E-state index < -0.39 is 5.97 Å². The van der Waals surface area contributed by atoms with Crippen molar-refractivity contribution in [3.63, 3.8) is 0 Å². The molecule has 1 unspecified atom stereocenters. The minimum Gasteiger partial charge on any atom is -0.497 e. The van der Waals surface area contributed by atoms with Gasteiger partial charge in [0.25, 0.3) is 5.91 Å². The molecule has 7 heteroatoms. The molecule has 3 aromatic rings. The van der Waals surface area contributed by atoms with E-state index in [-0.39, 0.29) is 24.9 Å². The number of methoxy groups -OCH3 is 1. The maximum atomic E-state index is 12.6. The van der Waals surface area contributed by atoms with Crippen molar-refractivity contribution >= 4 is 17.6 Å². The molecule has 0 spiro atoms. The van der Waals surface area contributed by atoms with E-state index in [0.717, 1.165) is 46.1 Å². The van der Waals surface area contributed by atoms with Crippen molar-refractivity contribution in [1.82, 2.24) is 4.90 Å². The molecule has 0 fully saturated rings. The van der Waals surface area contributed by atoms with Crippen LogP contribution in [0.15, 0.2) is 52.9 Å². The standard InChI is InChI=1S/C29H36N2O5/c1-18(2)15-26(25-17-27(36-20(25)4)24-12-11-23(35-6)16-19(24)3)30-22-9-7-21(8-10-22)29(34)31(5)14-13-28(32)33/h7-12,16-18,26,30H,13-15H2,1-6H3,(H,32,33). The largest absolute Gasteiger partial charge is 0.497 e. The van der Waals surface area contributed by atoms with E-state index >= 15 is 0 Å². The Labute approximate surface area is 213 Å². The van der Waals surface area contributed by atoms with Crippen LogP contribution in [-0.4, -0.2) is 42.6 Å². The number of carbonyl (C=O) groups excluding carboxylic acids is 1. The predicted octanol–water partition coefficient (Wildman–Crippen LogP) is 6.32. The average Bonchev–Trinajstić information content (AvgIpc) is 3.22. The molecule has 0 aliphatic heterocycles. The molecule has 192 valence electrons. The first-order chi connectivity index (χ1) is 17.1. The quantitative estimate of drug-likeness (QED) is 0.325. The van der Waals surface area contributed by atoms with Gasteiger partial charge in [0.1, 0.15) is 17.3 Å². The molecule has 1 aromatic heterocycles. The summed E-state index contributed by atoms with van der Waals surface area (Å²) in [7, 11) is 3.27. The van der Waals surface area contributed by atoms with Crippen molar-refractivity contribution in [1.29, 1.82) is 0 Å². The first kappa shape index (κ1) is 26.9. The first-order valence-electron chi connectivity index (χ1n) is 12.2. The van der Waals surface area contributed by atoms with E-state index in [1.54, 1.807) is 26.3 Å². The van der Waals surface area contributed by atoms with Crippen molar-refractivity contribution in [2.45, 2.75) is 46.6 Å². The van der Waals surface area contributed by atoms with Gasteiger partial charge in [0, 0.05) is 36.0 Å². The van der Waals surface area contributed by atoms with Gasteiger partial charge in [-0.15, -0.1) is 0 Å². The second kappa shape index (κ2) is 11.8. The van der Waals surface area contributed by atoms with Gasteiger partial charge in [-0.25, -0.2) is 0 Å². The molecule has 1 atom stereocenters. The van der Waals surface area contributed by atoms with Crippen LogP contribution in [0.1, 0.15) is 60.0 Å². The number of hydrogen-bond donors (Lipinski definition) is 2. The number of nitrogens with one attached hydrogen (secondary N) is 1. The summed E-state index contributed by atoms with van der Waals surface area (Å²) >= 11 is 0. The normalized spacial score (nSPS) is 11.9. The Bertz CT molecular complexity index is 1200. The minimum atomic E-state index is -0.926. The fourth-order valence-electron chi connectivity index (χ4n) is 4.25. The average molecular weight is 493 g/mol. The Balaban J connectivity index is 1.81. The smallest absolute Gasteiger partial charge is 0.305 e. The molecule has 2 aromatic carbocycles. The van der Waals surface area contributed by atoms with Crippen LogP contribution in [0.5, 0.6) is 5.75 Å². The molecule has 2 N–H and O–H groups in total. The number of ether oxygens (including phenoxy) is 1. The Hall–Kier alpha value is -3.74. The number of nitrogens with zero attached hydrogens (tertiary/aromatic N) is 1. The monoisotopic (exact) mass is 492 g/mol. The molecule has 36 heavy (non-hydrogen) atoms. The van der Waals surface area contributed by atoms with Gasteiger partial charge < -0.3 is 24.5 Å². The number of carboxylic acids is 1. The Morgan fingerprint density at radius 2 is 1.78 bits per heavy atom. The second-order valence-electron chi connectivity index (χ2n) is 9.58. The molecule has 0 radical (unpaired) electrons. The summed E-state index contributed by atoms with van der Waals surface area (Å²) in [5, 5.41) is 12.5. The van der Waals surface area contributed by atoms with Crippen LogP contribution in [0.3, 0.4) is 0 Å². The summed E-state index contributed by atoms with van der Waals surface area (Å²) in [6.07, 6.45) is 0.820. The molecule has 0 bridgehead atoms. The summed E-state index contributed by atoms with van der Waals surface area (Å²) < 4.78 is 11.5. The highest BCUT2D eigenvalue weighted by molar-refractivity contribution is 5.94. The topological polar surface area (TPSA) is 92.0 Å². The van der Waals surface area contributed by atoms with Crippen LogP contribution in [0.2, 0.25) is 0 Å². The second-order valence-corrected chi connectivity index (χ2v) is 9.58. The van der Waals surface area contributed by atoms with Gasteiger partial charge in [-0.05, 0) is 80.3 Å². The van der Waals surface area contributed by atoms with Crippen molar-refractivity contribution < 1.29 is 23.8 Å². The molecule has 1 amide bonds. The molecule has 0 aliphatic rings. The number of carbonyl (C=O) groups is 2. The van der Waals surface area contributed by atoms with E-state index in [0.29, 0.717) is 11.5 Å². The third kappa shape index (κ3) is 6.68. The van der Waals surface area contributed by atoms with Gasteiger partial charge in [-0.3, -0.25) is 9.59 Å². The number of furan rings is 1. The molecule has 0 saturated carbocycles. The highest BCUT2D eigenvalue weighted by Gasteiger charge is 2.21. The maximum Gasteiger partial charge on any atom is 0.305 e. The van der Waals surface area contributed by atoms with E-state index in [1.165, 1.54) is 4.90 Å². The van der Waals surface area contributed by atoms with Crippen molar-refractivity contribution in [2.75, 3.05) is 26.0 Å². The zero-order valence-electron chi connectivity index (χ0n) is 21.9. The zero-order valence-corrected chi connectivity index (χ0v) is 21.9. The Morgan fingerprint density at radius 1 is 1.08 bits per heavy atom. The lowest BCUT2D eigenvalue weighted by Crippen LogP contribution is -2.29. The van der Waals surface area contributed by atoms with Crippen LogP contribution in [0, 0.1) is 19.8 Å². The van der Waals surface area contributed by atoms with Gasteiger partial charge in [0.2, 0.25) is 0 Å². The summed E-state index contributed by atoms with van der Waals surface area (Å²) in [6.45, 7) is 8.57. The number of hydrogen-bond acceptors (Lipinski definition) is 5. The minimum absolute atomic E-state index is 0.0286. The molecule has 0 saturated heterocycles. The summed E-state index contributed by atoms with van der Waals surface area (Å²) in [5.41, 5.74) is 4.63. The van der Waals surface area contributed by atoms with Crippen molar-refractivity contribution in [3.8, 4) is 17.1 Å². The number of carboxylic acid groups (broad SMARTS) is 1. The molecule has 0 aliphatic carbocycles. The van der Waals surface area contributed by atoms with Crippen LogP contribution < -0.4 is 10.1 Å². The van der Waals surface area contributed by atoms with E-state index in [2.05, 4.69) is 25.2 Å². The zero-order chi connectivity index (χ0) is 26.4. The van der Waals surface area contributed by atoms with E-state index in [9.17, 15) is 9.59 Å². The van der Waals surface area contributed by atoms with Crippen molar-refractivity contribution in [3.05, 3.63) is 71.0 Å². The fraction of sp³-hybridized carbons (Fsp3) is 0.379. The van der Waals surface area contributed by atoms with Crippen LogP contribution in [0.4, 0.5) is 5.69 Å². The number of aliphatic carboxylic acids is 1. The van der Waals surface area contributed by atoms with E-state index in [4.69, 9.17) is 14.3 Å². The molecular weight excluding hydrogens is 456 g/mol. The van der Waals surface area contributed by atoms with Crippen LogP contribution in [0.25, 0.3) is 11.3 Å². The summed E-state index contributed by atoms with van der Waals surface area (Å²) in [6, 6.07) is 15.4. The molecule has 1 heterocycles. The van der Waals surface area contributed by atoms with Crippen LogP contribution >= 0.6 is 0 Å². The van der Waals surface area contributed by atoms with Gasteiger partial charge in [-0.2, -0.15) is 0 Å². The number of amides is 1. The third-order valence-corrected chi connectivity index (χ3v) is 6.22. The molecule has 7 nitrogen and oxygen atoms in total. The van der Waals surface area contributed by atoms with Gasteiger partial charge >= 0.3 is 5.97 Å². The van der Waals surface area contributed by atoms with Crippen LogP contribution in [-0.2, 0) is 4.79 Å². The van der Waals surface area contributed by atoms with E-state index in [1.807, 2.05) is 44.2 Å². The number of aryl methyl sites for hydroxylation is 2. The first-order valence-corrected chi connectivity index (χ1v) is 12.2. The highest BCUT2D eigenvalue weighted by Crippen LogP contribution is 2.36. The molecule has 3 rings (SSSR count). The predicted molar refractivity (Wildman–Crippen MR) is 142 cm³/mol. The summed E-state index contributed by atoms with van der Waals surface area (Å²) in [4.78, 5) is 24.8.